The highest BCUT2D eigenvalue weighted by molar-refractivity contribution is 7.22. The van der Waals surface area contributed by atoms with Gasteiger partial charge in [-0.1, -0.05) is 41.2 Å². The molecule has 0 aliphatic carbocycles. The normalized spacial score (nSPS) is 11.0. The minimum absolute atomic E-state index is 0.172. The summed E-state index contributed by atoms with van der Waals surface area (Å²) in [4.78, 5) is 38.8. The van der Waals surface area contributed by atoms with E-state index in [9.17, 15) is 19.7 Å². The topological polar surface area (TPSA) is 127 Å². The maximum Gasteiger partial charge on any atom is 0.433 e. The number of fused-ring (bicyclic) bond motifs is 1. The Balaban J connectivity index is 1.43. The number of nitrogens with zero attached hydrogens (tertiary/aromatic N) is 2. The van der Waals surface area contributed by atoms with E-state index in [1.165, 1.54) is 23.5 Å². The third-order valence-corrected chi connectivity index (χ3v) is 5.31. The number of aryl methyl sites for hydroxylation is 1. The number of carbonyl (C=O) groups excluding carboxylic acids is 2. The van der Waals surface area contributed by atoms with Crippen LogP contribution in [0.4, 0.5) is 16.7 Å². The molecule has 0 spiro atoms. The average Bonchev–Trinajstić information content (AvgIpc) is 3.40. The molecule has 160 valence electrons. The Morgan fingerprint density at radius 2 is 1.88 bits per heavy atom. The lowest BCUT2D eigenvalue weighted by molar-refractivity contribution is -0.402. The highest BCUT2D eigenvalue weighted by Gasteiger charge is 2.17. The van der Waals surface area contributed by atoms with Gasteiger partial charge in [0.1, 0.15) is 4.92 Å². The van der Waals surface area contributed by atoms with Crippen LogP contribution in [0.15, 0.2) is 65.1 Å². The van der Waals surface area contributed by atoms with Gasteiger partial charge in [-0.3, -0.25) is 25.0 Å². The second kappa shape index (κ2) is 8.82. The van der Waals surface area contributed by atoms with E-state index in [-0.39, 0.29) is 11.7 Å². The molecule has 10 heteroatoms. The fraction of sp³-hybridized carbons (Fsp3) is 0.0455. The zero-order chi connectivity index (χ0) is 22.7. The van der Waals surface area contributed by atoms with Gasteiger partial charge in [0.25, 0.3) is 5.91 Å². The third kappa shape index (κ3) is 4.87. The number of hydrogen-bond acceptors (Lipinski definition) is 7. The number of thiazole rings is 1. The van der Waals surface area contributed by atoms with Crippen molar-refractivity contribution >= 4 is 56.1 Å². The van der Waals surface area contributed by atoms with E-state index >= 15 is 0 Å². The van der Waals surface area contributed by atoms with Gasteiger partial charge in [0, 0.05) is 11.8 Å². The quantitative estimate of drug-likeness (QED) is 0.242. The first-order valence-electron chi connectivity index (χ1n) is 9.39. The Labute approximate surface area is 185 Å². The van der Waals surface area contributed by atoms with Gasteiger partial charge in [0.15, 0.2) is 10.9 Å². The number of nitrogens with one attached hydrogen (secondary N) is 2. The van der Waals surface area contributed by atoms with Crippen LogP contribution in [0, 0.1) is 17.0 Å². The smallest absolute Gasteiger partial charge is 0.395 e. The number of hydrogen-bond donors (Lipinski definition) is 2. The number of benzene rings is 2. The highest BCUT2D eigenvalue weighted by atomic mass is 32.1. The van der Waals surface area contributed by atoms with Gasteiger partial charge in [-0.25, -0.2) is 4.98 Å². The van der Waals surface area contributed by atoms with Gasteiger partial charge < -0.3 is 9.73 Å². The van der Waals surface area contributed by atoms with Crippen LogP contribution in [0.5, 0.6) is 0 Å². The van der Waals surface area contributed by atoms with E-state index in [1.54, 1.807) is 24.3 Å². The summed E-state index contributed by atoms with van der Waals surface area (Å²) in [7, 11) is 0. The summed E-state index contributed by atoms with van der Waals surface area (Å²) in [6, 6.07) is 15.2. The molecule has 9 nitrogen and oxygen atoms in total. The van der Waals surface area contributed by atoms with Crippen molar-refractivity contribution < 1.29 is 18.9 Å². The predicted octanol–water partition coefficient (Wildman–Crippen LogP) is 5.01. The molecular formula is C22H16N4O5S. The molecule has 2 N–H and O–H groups in total. The van der Waals surface area contributed by atoms with E-state index < -0.39 is 16.7 Å². The van der Waals surface area contributed by atoms with Crippen LogP contribution < -0.4 is 10.6 Å². The fourth-order valence-corrected chi connectivity index (χ4v) is 3.70. The van der Waals surface area contributed by atoms with Gasteiger partial charge in [-0.15, -0.1) is 0 Å². The molecule has 0 saturated carbocycles. The molecule has 2 aromatic heterocycles. The standard InChI is InChI=1S/C22H16N4O5S/c1-13-2-4-14(5-3-13)6-10-19(27)25-22-24-16-8-7-15(12-18(16)32-22)23-21(28)17-9-11-20(31-17)26(29)30/h2-12H,1H3,(H,23,28)(H,24,25,27). The number of aromatic nitrogens is 1. The third-order valence-electron chi connectivity index (χ3n) is 4.38. The van der Waals surface area contributed by atoms with Crippen LogP contribution in [-0.4, -0.2) is 21.7 Å². The summed E-state index contributed by atoms with van der Waals surface area (Å²) >= 11 is 1.25. The Morgan fingerprint density at radius 3 is 2.59 bits per heavy atom. The van der Waals surface area contributed by atoms with Crippen LogP contribution >= 0.6 is 11.3 Å². The maximum absolute atomic E-state index is 12.2. The van der Waals surface area contributed by atoms with E-state index in [4.69, 9.17) is 4.42 Å². The van der Waals surface area contributed by atoms with E-state index in [0.717, 1.165) is 21.9 Å². The molecule has 2 aromatic carbocycles. The summed E-state index contributed by atoms with van der Waals surface area (Å²) in [6.07, 6.45) is 3.15. The molecule has 4 rings (SSSR count). The van der Waals surface area contributed by atoms with Crippen molar-refractivity contribution in [2.75, 3.05) is 10.6 Å². The largest absolute Gasteiger partial charge is 0.433 e. The van der Waals surface area contributed by atoms with Gasteiger partial charge in [0.05, 0.1) is 16.3 Å². The number of furan rings is 1. The zero-order valence-electron chi connectivity index (χ0n) is 16.7. The second-order valence-electron chi connectivity index (χ2n) is 6.78. The van der Waals surface area contributed by atoms with Crippen molar-refractivity contribution in [1.82, 2.24) is 4.98 Å². The van der Waals surface area contributed by atoms with Crippen LogP contribution in [0.25, 0.3) is 16.3 Å². The first-order chi connectivity index (χ1) is 15.4. The minimum Gasteiger partial charge on any atom is -0.395 e. The van der Waals surface area contributed by atoms with E-state index in [0.29, 0.717) is 16.3 Å². The molecule has 32 heavy (non-hydrogen) atoms. The molecule has 0 fully saturated rings. The summed E-state index contributed by atoms with van der Waals surface area (Å²) in [5.74, 6) is -1.60. The van der Waals surface area contributed by atoms with E-state index in [2.05, 4.69) is 15.6 Å². The Kier molecular flexibility index (Phi) is 5.77. The van der Waals surface area contributed by atoms with Crippen LogP contribution in [0.1, 0.15) is 21.7 Å². The van der Waals surface area contributed by atoms with Crippen molar-refractivity contribution in [1.29, 1.82) is 0 Å². The monoisotopic (exact) mass is 448 g/mol. The molecule has 0 aliphatic heterocycles. The predicted molar refractivity (Wildman–Crippen MR) is 122 cm³/mol. The van der Waals surface area contributed by atoms with Crippen molar-refractivity contribution in [3.63, 3.8) is 0 Å². The lowest BCUT2D eigenvalue weighted by atomic mass is 10.1. The van der Waals surface area contributed by atoms with Crippen molar-refractivity contribution in [2.24, 2.45) is 0 Å². The fourth-order valence-electron chi connectivity index (χ4n) is 2.79. The number of rotatable bonds is 6. The average molecular weight is 448 g/mol. The molecule has 2 heterocycles. The molecule has 0 saturated heterocycles. The number of carbonyl (C=O) groups is 2. The van der Waals surface area contributed by atoms with Crippen molar-refractivity contribution in [2.45, 2.75) is 6.92 Å². The summed E-state index contributed by atoms with van der Waals surface area (Å²) in [5.41, 5.74) is 3.17. The maximum atomic E-state index is 12.2. The zero-order valence-corrected chi connectivity index (χ0v) is 17.5. The Morgan fingerprint density at radius 1 is 1.09 bits per heavy atom. The highest BCUT2D eigenvalue weighted by Crippen LogP contribution is 2.29. The van der Waals surface area contributed by atoms with Gasteiger partial charge >= 0.3 is 5.88 Å². The van der Waals surface area contributed by atoms with Gasteiger partial charge in [-0.2, -0.15) is 0 Å². The lowest BCUT2D eigenvalue weighted by Gasteiger charge is -2.02. The summed E-state index contributed by atoms with van der Waals surface area (Å²) in [6.45, 7) is 1.99. The molecular weight excluding hydrogens is 432 g/mol. The molecule has 0 atom stereocenters. The summed E-state index contributed by atoms with van der Waals surface area (Å²) < 4.78 is 5.64. The van der Waals surface area contributed by atoms with Crippen LogP contribution in [0.3, 0.4) is 0 Å². The van der Waals surface area contributed by atoms with Gasteiger partial charge in [-0.05, 0) is 42.8 Å². The number of anilines is 2. The van der Waals surface area contributed by atoms with Gasteiger partial charge in [0.2, 0.25) is 5.91 Å². The minimum atomic E-state index is -0.716. The molecule has 0 bridgehead atoms. The summed E-state index contributed by atoms with van der Waals surface area (Å²) in [5, 5.41) is 16.5. The molecule has 4 aromatic rings. The van der Waals surface area contributed by atoms with E-state index in [1.807, 2.05) is 31.2 Å². The molecule has 0 unspecified atom stereocenters. The SMILES string of the molecule is Cc1ccc(C=CC(=O)Nc2nc3ccc(NC(=O)c4ccc([N+](=O)[O-])o4)cc3s2)cc1. The first-order valence-corrected chi connectivity index (χ1v) is 10.2. The van der Waals surface area contributed by atoms with Crippen LogP contribution in [0.2, 0.25) is 0 Å². The Bertz CT molecular complexity index is 1350. The number of nitro groups is 1. The first kappa shape index (κ1) is 20.9. The van der Waals surface area contributed by atoms with Crippen molar-refractivity contribution in [3.8, 4) is 0 Å². The number of amides is 2. The Hall–Kier alpha value is -4.31. The van der Waals surface area contributed by atoms with Crippen LogP contribution in [-0.2, 0) is 4.79 Å². The second-order valence-corrected chi connectivity index (χ2v) is 7.81. The molecule has 0 aliphatic rings. The molecule has 0 radical (unpaired) electrons. The molecule has 2 amide bonds. The lowest BCUT2D eigenvalue weighted by Crippen LogP contribution is -2.10. The van der Waals surface area contributed by atoms with Crippen molar-refractivity contribution in [3.05, 3.63) is 87.7 Å².